The number of carbonyl (C=O) groups excluding carboxylic acids is 1. The Morgan fingerprint density at radius 1 is 1.19 bits per heavy atom. The van der Waals surface area contributed by atoms with Gasteiger partial charge in [-0.05, 0) is 50.5 Å². The number of amides is 1. The van der Waals surface area contributed by atoms with Gasteiger partial charge in [0.05, 0.1) is 36.6 Å². The summed E-state index contributed by atoms with van der Waals surface area (Å²) < 4.78 is 58.8. The number of hydroxylamine groups is 1. The summed E-state index contributed by atoms with van der Waals surface area (Å²) in [4.78, 5) is 30.2. The minimum Gasteiger partial charge on any atom is -0.404 e. The van der Waals surface area contributed by atoms with Gasteiger partial charge in [0, 0.05) is 37.3 Å². The molecule has 0 radical (unpaired) electrons. The van der Waals surface area contributed by atoms with Crippen molar-refractivity contribution >= 4 is 46.5 Å². The molecule has 0 aliphatic carbocycles. The van der Waals surface area contributed by atoms with E-state index in [0.717, 1.165) is 13.1 Å². The van der Waals surface area contributed by atoms with Crippen molar-refractivity contribution in [3.05, 3.63) is 41.6 Å². The van der Waals surface area contributed by atoms with Crippen LogP contribution in [0.5, 0.6) is 5.75 Å². The molecule has 1 amide bonds. The molecule has 2 aromatic carbocycles. The van der Waals surface area contributed by atoms with Crippen LogP contribution in [0.3, 0.4) is 0 Å². The second-order valence-corrected chi connectivity index (χ2v) is 9.63. The van der Waals surface area contributed by atoms with Gasteiger partial charge in [0.2, 0.25) is 5.96 Å². The molecule has 0 unspecified atom stereocenters. The molecule has 3 aromatic rings. The number of aromatic nitrogens is 2. The standard InChI is InChI=1S/C27H32F4N8O4/c1-17-4-6-19-23(25(41)36-42-15-14-40)35-39(9-8-28)24(19)22(17)34-26(32-2)33-20-16-18(38-12-10-37(3)11-13-38)5-7-21(20)43-27(29,30)31/h4-7,16,40H,2,8-15H2,1,3H3,(H,33,34)(H,36,41). The summed E-state index contributed by atoms with van der Waals surface area (Å²) in [6.45, 7) is 6.65. The van der Waals surface area contributed by atoms with Gasteiger partial charge in [-0.3, -0.25) is 14.3 Å². The number of hydrogen-bond donors (Lipinski definition) is 3. The maximum absolute atomic E-state index is 13.5. The van der Waals surface area contributed by atoms with Crippen LogP contribution in [0.4, 0.5) is 34.6 Å². The first kappa shape index (κ1) is 31.7. The summed E-state index contributed by atoms with van der Waals surface area (Å²) in [5.41, 5.74) is 3.80. The molecule has 16 heteroatoms. The molecule has 0 spiro atoms. The van der Waals surface area contributed by atoms with Crippen LogP contribution in [0.15, 0.2) is 40.3 Å². The van der Waals surface area contributed by atoms with E-state index >= 15 is 0 Å². The Labute approximate surface area is 244 Å². The third-order valence-electron chi connectivity index (χ3n) is 6.63. The molecule has 1 aliphatic heterocycles. The Hall–Kier alpha value is -4.28. The Bertz CT molecular complexity index is 1490. The summed E-state index contributed by atoms with van der Waals surface area (Å²) >= 11 is 0. The molecular weight excluding hydrogens is 576 g/mol. The van der Waals surface area contributed by atoms with E-state index in [1.54, 1.807) is 25.1 Å². The summed E-state index contributed by atoms with van der Waals surface area (Å²) in [5, 5.41) is 16.2. The van der Waals surface area contributed by atoms with Crippen LogP contribution < -0.4 is 20.4 Å². The van der Waals surface area contributed by atoms with E-state index in [4.69, 9.17) is 9.94 Å². The number of carbonyl (C=O) groups is 1. The number of aliphatic imine (C=N–C) groups is 2. The number of aryl methyl sites for hydroxylation is 2. The highest BCUT2D eigenvalue weighted by Gasteiger charge is 2.32. The number of ether oxygens (including phenoxy) is 1. The van der Waals surface area contributed by atoms with Crippen molar-refractivity contribution in [1.82, 2.24) is 20.2 Å². The smallest absolute Gasteiger partial charge is 0.404 e. The Morgan fingerprint density at radius 2 is 1.93 bits per heavy atom. The van der Waals surface area contributed by atoms with Crippen LogP contribution in [0.1, 0.15) is 16.1 Å². The molecule has 4 rings (SSSR count). The van der Waals surface area contributed by atoms with E-state index in [1.807, 2.05) is 11.9 Å². The van der Waals surface area contributed by atoms with Crippen LogP contribution in [0.25, 0.3) is 10.9 Å². The SMILES string of the molecule is C=NC(=Nc1c(C)ccc2c(C(=O)NOCCO)nn(CCF)c12)Nc1cc(N2CCN(C)CC2)ccc1OC(F)(F)F. The molecule has 1 aliphatic rings. The molecule has 1 aromatic heterocycles. The van der Waals surface area contributed by atoms with Crippen LogP contribution in [0, 0.1) is 6.92 Å². The zero-order valence-corrected chi connectivity index (χ0v) is 23.6. The lowest BCUT2D eigenvalue weighted by atomic mass is 10.1. The predicted octanol–water partition coefficient (Wildman–Crippen LogP) is 3.42. The number of rotatable bonds is 10. The van der Waals surface area contributed by atoms with E-state index in [9.17, 15) is 22.4 Å². The monoisotopic (exact) mass is 608 g/mol. The van der Waals surface area contributed by atoms with Crippen molar-refractivity contribution < 1.29 is 37.0 Å². The highest BCUT2D eigenvalue weighted by molar-refractivity contribution is 6.09. The van der Waals surface area contributed by atoms with Gasteiger partial charge in [0.15, 0.2) is 11.4 Å². The van der Waals surface area contributed by atoms with E-state index < -0.39 is 24.7 Å². The number of aliphatic hydroxyl groups excluding tert-OH is 1. The molecule has 12 nitrogen and oxygen atoms in total. The zero-order valence-electron chi connectivity index (χ0n) is 23.6. The maximum atomic E-state index is 13.5. The lowest BCUT2D eigenvalue weighted by Gasteiger charge is -2.34. The van der Waals surface area contributed by atoms with Crippen molar-refractivity contribution in [2.45, 2.75) is 19.8 Å². The van der Waals surface area contributed by atoms with Crippen molar-refractivity contribution in [1.29, 1.82) is 0 Å². The number of likely N-dealkylation sites (N-methyl/N-ethyl adjacent to an activating group) is 1. The fourth-order valence-electron chi connectivity index (χ4n) is 4.54. The fraction of sp³-hybridized carbons (Fsp3) is 0.407. The molecule has 3 N–H and O–H groups in total. The molecule has 2 heterocycles. The number of guanidine groups is 1. The van der Waals surface area contributed by atoms with E-state index in [2.05, 4.69) is 42.2 Å². The van der Waals surface area contributed by atoms with Gasteiger partial charge < -0.3 is 25.0 Å². The van der Waals surface area contributed by atoms with Gasteiger partial charge in [-0.25, -0.2) is 19.9 Å². The van der Waals surface area contributed by atoms with Crippen molar-refractivity contribution in [2.75, 3.05) is 63.3 Å². The number of nitrogens with zero attached hydrogens (tertiary/aromatic N) is 6. The molecule has 0 atom stereocenters. The average Bonchev–Trinajstić information content (AvgIpc) is 3.33. The van der Waals surface area contributed by atoms with Crippen LogP contribution in [0.2, 0.25) is 0 Å². The van der Waals surface area contributed by atoms with Gasteiger partial charge in [-0.2, -0.15) is 5.10 Å². The number of fused-ring (bicyclic) bond motifs is 1. The van der Waals surface area contributed by atoms with Gasteiger partial charge in [0.1, 0.15) is 6.67 Å². The van der Waals surface area contributed by atoms with E-state index in [1.165, 1.54) is 16.8 Å². The second kappa shape index (κ2) is 13.8. The molecule has 1 fully saturated rings. The van der Waals surface area contributed by atoms with E-state index in [-0.39, 0.29) is 48.3 Å². The molecular formula is C27H32F4N8O4. The number of anilines is 2. The number of nitrogens with one attached hydrogen (secondary N) is 2. The van der Waals surface area contributed by atoms with Crippen LogP contribution >= 0.6 is 0 Å². The maximum Gasteiger partial charge on any atom is 0.573 e. The van der Waals surface area contributed by atoms with Crippen molar-refractivity contribution in [3.8, 4) is 5.75 Å². The molecule has 0 saturated carbocycles. The molecule has 43 heavy (non-hydrogen) atoms. The Morgan fingerprint density at radius 3 is 2.58 bits per heavy atom. The highest BCUT2D eigenvalue weighted by atomic mass is 19.4. The first-order valence-electron chi connectivity index (χ1n) is 13.3. The second-order valence-electron chi connectivity index (χ2n) is 9.63. The predicted molar refractivity (Wildman–Crippen MR) is 154 cm³/mol. The molecule has 232 valence electrons. The Balaban J connectivity index is 1.77. The summed E-state index contributed by atoms with van der Waals surface area (Å²) in [6.07, 6.45) is -4.95. The van der Waals surface area contributed by atoms with Gasteiger partial charge in [0.25, 0.3) is 5.91 Å². The van der Waals surface area contributed by atoms with Crippen molar-refractivity contribution in [2.24, 2.45) is 9.98 Å². The van der Waals surface area contributed by atoms with Crippen LogP contribution in [-0.2, 0) is 11.4 Å². The number of piperazine rings is 1. The minimum absolute atomic E-state index is 0.0527. The topological polar surface area (TPSA) is 129 Å². The third-order valence-corrected chi connectivity index (χ3v) is 6.63. The summed E-state index contributed by atoms with van der Waals surface area (Å²) in [7, 11) is 1.99. The lowest BCUT2D eigenvalue weighted by Crippen LogP contribution is -2.44. The van der Waals surface area contributed by atoms with Gasteiger partial charge in [-0.15, -0.1) is 13.2 Å². The fourth-order valence-corrected chi connectivity index (χ4v) is 4.54. The van der Waals surface area contributed by atoms with Gasteiger partial charge in [-0.1, -0.05) is 6.07 Å². The Kier molecular flexibility index (Phi) is 10.2. The van der Waals surface area contributed by atoms with Crippen molar-refractivity contribution in [3.63, 3.8) is 0 Å². The quantitative estimate of drug-likeness (QED) is 0.105. The van der Waals surface area contributed by atoms with Crippen LogP contribution in [-0.4, -0.2) is 97.8 Å². The highest BCUT2D eigenvalue weighted by Crippen LogP contribution is 2.36. The van der Waals surface area contributed by atoms with E-state index in [0.29, 0.717) is 29.7 Å². The number of alkyl halides is 4. The summed E-state index contributed by atoms with van der Waals surface area (Å²) in [6, 6.07) is 7.54. The average molecular weight is 609 g/mol. The number of hydrogen-bond acceptors (Lipinski definition) is 8. The first-order chi connectivity index (χ1) is 20.5. The third kappa shape index (κ3) is 7.77. The molecule has 0 bridgehead atoms. The minimum atomic E-state index is -4.95. The molecule has 1 saturated heterocycles. The zero-order chi connectivity index (χ0) is 31.1. The number of halogens is 4. The summed E-state index contributed by atoms with van der Waals surface area (Å²) in [5.74, 6) is -1.41. The normalized spacial score (nSPS) is 14.7. The first-order valence-corrected chi connectivity index (χ1v) is 13.3. The largest absolute Gasteiger partial charge is 0.573 e. The number of aliphatic hydroxyl groups is 1. The van der Waals surface area contributed by atoms with Gasteiger partial charge >= 0.3 is 6.36 Å². The lowest BCUT2D eigenvalue weighted by molar-refractivity contribution is -0.274. The number of benzene rings is 2.